The standard InChI is InChI=1S/C9H12O2/c1-7-3-2-4-8(5-7)9(11)6-10/h2-5,9-11H,6H2,1H3. The van der Waals surface area contributed by atoms with Crippen molar-refractivity contribution in [3.63, 3.8) is 0 Å². The van der Waals surface area contributed by atoms with E-state index in [2.05, 4.69) is 0 Å². The molecule has 0 heterocycles. The Hall–Kier alpha value is -0.860. The van der Waals surface area contributed by atoms with Crippen LogP contribution >= 0.6 is 0 Å². The molecule has 2 nitrogen and oxygen atoms in total. The van der Waals surface area contributed by atoms with Crippen molar-refractivity contribution in [2.24, 2.45) is 0 Å². The van der Waals surface area contributed by atoms with Crippen molar-refractivity contribution in [2.75, 3.05) is 6.61 Å². The van der Waals surface area contributed by atoms with Gasteiger partial charge < -0.3 is 10.2 Å². The molecule has 0 saturated heterocycles. The number of aliphatic hydroxyl groups is 2. The summed E-state index contributed by atoms with van der Waals surface area (Å²) in [6, 6.07) is 7.48. The van der Waals surface area contributed by atoms with Crippen LogP contribution in [0.4, 0.5) is 0 Å². The van der Waals surface area contributed by atoms with E-state index in [-0.39, 0.29) is 6.61 Å². The minimum atomic E-state index is -0.741. The topological polar surface area (TPSA) is 40.5 Å². The highest BCUT2D eigenvalue weighted by molar-refractivity contribution is 5.23. The number of hydrogen-bond donors (Lipinski definition) is 2. The van der Waals surface area contributed by atoms with E-state index in [0.29, 0.717) is 0 Å². The molecule has 2 N–H and O–H groups in total. The fourth-order valence-corrected chi connectivity index (χ4v) is 0.983. The lowest BCUT2D eigenvalue weighted by Gasteiger charge is -2.06. The lowest BCUT2D eigenvalue weighted by atomic mass is 10.1. The summed E-state index contributed by atoms with van der Waals surface area (Å²) in [7, 11) is 0. The minimum absolute atomic E-state index is 0.219. The first kappa shape index (κ1) is 8.24. The molecule has 0 spiro atoms. The van der Waals surface area contributed by atoms with Crippen molar-refractivity contribution in [3.8, 4) is 0 Å². The van der Waals surface area contributed by atoms with Crippen LogP contribution in [0.25, 0.3) is 0 Å². The van der Waals surface area contributed by atoms with Gasteiger partial charge in [-0.05, 0) is 12.5 Å². The second kappa shape index (κ2) is 3.51. The molecule has 0 aliphatic heterocycles. The first-order chi connectivity index (χ1) is 5.24. The van der Waals surface area contributed by atoms with Gasteiger partial charge in [-0.25, -0.2) is 0 Å². The van der Waals surface area contributed by atoms with E-state index in [1.807, 2.05) is 25.1 Å². The highest BCUT2D eigenvalue weighted by atomic mass is 16.3. The van der Waals surface area contributed by atoms with E-state index in [4.69, 9.17) is 5.11 Å². The Kier molecular flexibility index (Phi) is 2.63. The number of aliphatic hydroxyl groups excluding tert-OH is 2. The molecule has 0 radical (unpaired) electrons. The smallest absolute Gasteiger partial charge is 0.102 e. The van der Waals surface area contributed by atoms with Crippen LogP contribution < -0.4 is 0 Å². The summed E-state index contributed by atoms with van der Waals surface area (Å²) >= 11 is 0. The molecule has 1 aromatic rings. The number of benzene rings is 1. The quantitative estimate of drug-likeness (QED) is 0.664. The Labute approximate surface area is 66.1 Å². The fourth-order valence-electron chi connectivity index (χ4n) is 0.983. The zero-order valence-electron chi connectivity index (χ0n) is 6.49. The van der Waals surface area contributed by atoms with Crippen molar-refractivity contribution in [3.05, 3.63) is 35.4 Å². The van der Waals surface area contributed by atoms with Gasteiger partial charge in [0, 0.05) is 0 Å². The zero-order valence-corrected chi connectivity index (χ0v) is 6.49. The monoisotopic (exact) mass is 152 g/mol. The highest BCUT2D eigenvalue weighted by Crippen LogP contribution is 2.12. The maximum absolute atomic E-state index is 9.20. The summed E-state index contributed by atoms with van der Waals surface area (Å²) < 4.78 is 0. The predicted molar refractivity (Wildman–Crippen MR) is 43.2 cm³/mol. The fraction of sp³-hybridized carbons (Fsp3) is 0.333. The van der Waals surface area contributed by atoms with E-state index >= 15 is 0 Å². The summed E-state index contributed by atoms with van der Waals surface area (Å²) in [5.74, 6) is 0. The van der Waals surface area contributed by atoms with Gasteiger partial charge in [0.15, 0.2) is 0 Å². The highest BCUT2D eigenvalue weighted by Gasteiger charge is 2.03. The third-order valence-corrected chi connectivity index (χ3v) is 1.60. The molecule has 1 rings (SSSR count). The Morgan fingerprint density at radius 3 is 2.73 bits per heavy atom. The van der Waals surface area contributed by atoms with Gasteiger partial charge >= 0.3 is 0 Å². The third-order valence-electron chi connectivity index (χ3n) is 1.60. The SMILES string of the molecule is Cc1cccc(C(O)CO)c1. The van der Waals surface area contributed by atoms with Crippen molar-refractivity contribution in [1.82, 2.24) is 0 Å². The molecule has 0 aromatic heterocycles. The zero-order chi connectivity index (χ0) is 8.27. The molecule has 0 saturated carbocycles. The molecular formula is C9H12O2. The first-order valence-electron chi connectivity index (χ1n) is 3.59. The molecule has 1 unspecified atom stereocenters. The van der Waals surface area contributed by atoms with E-state index in [0.717, 1.165) is 11.1 Å². The molecule has 0 fully saturated rings. The first-order valence-corrected chi connectivity index (χ1v) is 3.59. The van der Waals surface area contributed by atoms with E-state index in [1.165, 1.54) is 0 Å². The summed E-state index contributed by atoms with van der Waals surface area (Å²) in [5, 5.41) is 17.8. The predicted octanol–water partition coefficient (Wildman–Crippen LogP) is 1.02. The average molecular weight is 152 g/mol. The van der Waals surface area contributed by atoms with Crippen molar-refractivity contribution in [1.29, 1.82) is 0 Å². The van der Waals surface area contributed by atoms with Gasteiger partial charge in [0.2, 0.25) is 0 Å². The van der Waals surface area contributed by atoms with E-state index in [9.17, 15) is 5.11 Å². The van der Waals surface area contributed by atoms with Crippen LogP contribution in [0.2, 0.25) is 0 Å². The Bertz CT molecular complexity index is 233. The Morgan fingerprint density at radius 1 is 1.45 bits per heavy atom. The Morgan fingerprint density at radius 2 is 2.18 bits per heavy atom. The lowest BCUT2D eigenvalue weighted by Crippen LogP contribution is -2.01. The van der Waals surface area contributed by atoms with Crippen LogP contribution in [0.5, 0.6) is 0 Å². The normalized spacial score (nSPS) is 13.0. The summed E-state index contributed by atoms with van der Waals surface area (Å²) in [5.41, 5.74) is 1.86. The van der Waals surface area contributed by atoms with Crippen molar-refractivity contribution >= 4 is 0 Å². The molecule has 0 bridgehead atoms. The molecular weight excluding hydrogens is 140 g/mol. The van der Waals surface area contributed by atoms with E-state index < -0.39 is 6.10 Å². The van der Waals surface area contributed by atoms with Crippen LogP contribution in [-0.4, -0.2) is 16.8 Å². The number of hydrogen-bond acceptors (Lipinski definition) is 2. The molecule has 0 amide bonds. The maximum atomic E-state index is 9.20. The van der Waals surface area contributed by atoms with Crippen LogP contribution in [0, 0.1) is 6.92 Å². The van der Waals surface area contributed by atoms with Crippen LogP contribution in [0.1, 0.15) is 17.2 Å². The van der Waals surface area contributed by atoms with Crippen LogP contribution in [0.3, 0.4) is 0 Å². The summed E-state index contributed by atoms with van der Waals surface area (Å²) in [6.07, 6.45) is -0.741. The molecule has 0 aliphatic carbocycles. The van der Waals surface area contributed by atoms with Crippen molar-refractivity contribution in [2.45, 2.75) is 13.0 Å². The van der Waals surface area contributed by atoms with Crippen molar-refractivity contribution < 1.29 is 10.2 Å². The van der Waals surface area contributed by atoms with Gasteiger partial charge in [-0.2, -0.15) is 0 Å². The lowest BCUT2D eigenvalue weighted by molar-refractivity contribution is 0.0956. The molecule has 11 heavy (non-hydrogen) atoms. The molecule has 0 aliphatic rings. The van der Waals surface area contributed by atoms with Gasteiger partial charge in [-0.1, -0.05) is 29.8 Å². The third kappa shape index (κ3) is 2.03. The van der Waals surface area contributed by atoms with Crippen LogP contribution in [0.15, 0.2) is 24.3 Å². The van der Waals surface area contributed by atoms with Gasteiger partial charge in [-0.15, -0.1) is 0 Å². The van der Waals surface area contributed by atoms with Gasteiger partial charge in [0.25, 0.3) is 0 Å². The minimum Gasteiger partial charge on any atom is -0.393 e. The van der Waals surface area contributed by atoms with Gasteiger partial charge in [0.1, 0.15) is 6.10 Å². The van der Waals surface area contributed by atoms with E-state index in [1.54, 1.807) is 6.07 Å². The Balaban J connectivity index is 2.86. The van der Waals surface area contributed by atoms with Gasteiger partial charge in [0.05, 0.1) is 6.61 Å². The maximum Gasteiger partial charge on any atom is 0.102 e. The average Bonchev–Trinajstić information content (AvgIpc) is 2.03. The van der Waals surface area contributed by atoms with Gasteiger partial charge in [-0.3, -0.25) is 0 Å². The summed E-state index contributed by atoms with van der Waals surface area (Å²) in [4.78, 5) is 0. The molecule has 60 valence electrons. The number of rotatable bonds is 2. The molecule has 2 heteroatoms. The molecule has 1 atom stereocenters. The second-order valence-electron chi connectivity index (χ2n) is 2.61. The second-order valence-corrected chi connectivity index (χ2v) is 2.61. The van der Waals surface area contributed by atoms with Crippen LogP contribution in [-0.2, 0) is 0 Å². The number of aryl methyl sites for hydroxylation is 1. The molecule has 1 aromatic carbocycles. The summed E-state index contributed by atoms with van der Waals surface area (Å²) in [6.45, 7) is 1.73. The largest absolute Gasteiger partial charge is 0.393 e.